The van der Waals surface area contributed by atoms with Crippen LogP contribution in [0.15, 0.2) is 30.5 Å². The van der Waals surface area contributed by atoms with E-state index in [1.807, 2.05) is 24.3 Å². The number of nitrogens with one attached hydrogen (secondary N) is 3. The molecule has 0 unspecified atom stereocenters. The lowest BCUT2D eigenvalue weighted by molar-refractivity contribution is -0.144. The number of amides is 3. The number of carboxylic acids is 1. The highest BCUT2D eigenvalue weighted by molar-refractivity contribution is 5.93. The SMILES string of the molecule is CC(C)[C@H](NC(=O)[C@@H](N)Cc1c[nH]c2ccccc12)C(=O)N[C@@H](CC(N)=O)C(=O)O. The molecule has 0 saturated heterocycles. The largest absolute Gasteiger partial charge is 0.480 e. The molecule has 0 aliphatic heterocycles. The van der Waals surface area contributed by atoms with Crippen LogP contribution in [0.25, 0.3) is 10.9 Å². The van der Waals surface area contributed by atoms with Gasteiger partial charge in [-0.15, -0.1) is 0 Å². The zero-order valence-corrected chi connectivity index (χ0v) is 16.8. The van der Waals surface area contributed by atoms with E-state index in [2.05, 4.69) is 15.6 Å². The summed E-state index contributed by atoms with van der Waals surface area (Å²) in [7, 11) is 0. The van der Waals surface area contributed by atoms with Gasteiger partial charge in [0.25, 0.3) is 0 Å². The Labute approximate surface area is 173 Å². The fraction of sp³-hybridized carbons (Fsp3) is 0.400. The zero-order valence-electron chi connectivity index (χ0n) is 16.8. The van der Waals surface area contributed by atoms with Crippen LogP contribution in [-0.2, 0) is 25.6 Å². The number of H-pyrrole nitrogens is 1. The third-order valence-electron chi connectivity index (χ3n) is 4.72. The molecule has 0 aliphatic rings. The number of primary amides is 1. The van der Waals surface area contributed by atoms with Crippen molar-refractivity contribution < 1.29 is 24.3 Å². The van der Waals surface area contributed by atoms with Gasteiger partial charge in [-0.05, 0) is 24.0 Å². The van der Waals surface area contributed by atoms with Crippen LogP contribution in [0.4, 0.5) is 0 Å². The summed E-state index contributed by atoms with van der Waals surface area (Å²) in [5.74, 6) is -3.89. The normalized spacial score (nSPS) is 14.1. The quantitative estimate of drug-likeness (QED) is 0.306. The summed E-state index contributed by atoms with van der Waals surface area (Å²) in [6.45, 7) is 3.39. The molecule has 0 aliphatic carbocycles. The van der Waals surface area contributed by atoms with E-state index in [1.165, 1.54) is 0 Å². The number of hydrogen-bond donors (Lipinski definition) is 6. The van der Waals surface area contributed by atoms with Crippen LogP contribution >= 0.6 is 0 Å². The van der Waals surface area contributed by atoms with Crippen LogP contribution in [0.5, 0.6) is 0 Å². The van der Waals surface area contributed by atoms with Crippen molar-refractivity contribution in [3.63, 3.8) is 0 Å². The van der Waals surface area contributed by atoms with Crippen LogP contribution in [0.1, 0.15) is 25.8 Å². The summed E-state index contributed by atoms with van der Waals surface area (Å²) in [6.07, 6.45) is 1.48. The van der Waals surface area contributed by atoms with Gasteiger partial charge in [-0.25, -0.2) is 4.79 Å². The van der Waals surface area contributed by atoms with Gasteiger partial charge in [-0.2, -0.15) is 0 Å². The molecule has 1 aromatic carbocycles. The van der Waals surface area contributed by atoms with Gasteiger partial charge in [-0.3, -0.25) is 14.4 Å². The molecule has 10 nitrogen and oxygen atoms in total. The van der Waals surface area contributed by atoms with Gasteiger partial charge in [0.2, 0.25) is 17.7 Å². The summed E-state index contributed by atoms with van der Waals surface area (Å²) >= 11 is 0. The van der Waals surface area contributed by atoms with Gasteiger partial charge in [0, 0.05) is 17.1 Å². The molecule has 2 aromatic rings. The number of carbonyl (C=O) groups is 4. The van der Waals surface area contributed by atoms with E-state index >= 15 is 0 Å². The Morgan fingerprint density at radius 1 is 1.10 bits per heavy atom. The van der Waals surface area contributed by atoms with Gasteiger partial charge in [-0.1, -0.05) is 32.0 Å². The number of carboxylic acid groups (broad SMARTS) is 1. The third-order valence-corrected chi connectivity index (χ3v) is 4.72. The van der Waals surface area contributed by atoms with Crippen LogP contribution in [-0.4, -0.2) is 51.9 Å². The van der Waals surface area contributed by atoms with Crippen molar-refractivity contribution in [2.75, 3.05) is 0 Å². The maximum absolute atomic E-state index is 12.6. The number of nitrogens with two attached hydrogens (primary N) is 2. The first kappa shape index (κ1) is 22.9. The lowest BCUT2D eigenvalue weighted by Gasteiger charge is -2.25. The van der Waals surface area contributed by atoms with Crippen LogP contribution < -0.4 is 22.1 Å². The fourth-order valence-corrected chi connectivity index (χ4v) is 3.09. The molecule has 1 aromatic heterocycles. The lowest BCUT2D eigenvalue weighted by Crippen LogP contribution is -2.57. The van der Waals surface area contributed by atoms with Crippen LogP contribution in [0.3, 0.4) is 0 Å². The fourth-order valence-electron chi connectivity index (χ4n) is 3.09. The maximum atomic E-state index is 12.6. The van der Waals surface area contributed by atoms with Crippen molar-refractivity contribution in [2.45, 2.75) is 44.8 Å². The number of hydrogen-bond acceptors (Lipinski definition) is 5. The number of aromatic nitrogens is 1. The number of rotatable bonds is 10. The number of fused-ring (bicyclic) bond motifs is 1. The molecule has 2 rings (SSSR count). The van der Waals surface area contributed by atoms with Crippen molar-refractivity contribution in [2.24, 2.45) is 17.4 Å². The van der Waals surface area contributed by atoms with E-state index in [1.54, 1.807) is 20.0 Å². The molecular weight excluding hydrogens is 390 g/mol. The molecule has 30 heavy (non-hydrogen) atoms. The molecule has 3 atom stereocenters. The van der Waals surface area contributed by atoms with Gasteiger partial charge < -0.3 is 32.2 Å². The van der Waals surface area contributed by atoms with E-state index in [0.29, 0.717) is 0 Å². The summed E-state index contributed by atoms with van der Waals surface area (Å²) in [5, 5.41) is 14.9. The predicted octanol–water partition coefficient (Wildman–Crippen LogP) is -0.377. The second kappa shape index (κ2) is 9.88. The Balaban J connectivity index is 2.05. The highest BCUT2D eigenvalue weighted by atomic mass is 16.4. The standard InChI is InChI=1S/C20H27N5O5/c1-10(2)17(19(28)24-15(20(29)30)8-16(22)26)25-18(27)13(21)7-11-9-23-14-6-4-3-5-12(11)14/h3-6,9-10,13,15,17,23H,7-8,21H2,1-2H3,(H2,22,26)(H,24,28)(H,25,27)(H,29,30)/t13-,15-,17-/m0/s1. The van der Waals surface area contributed by atoms with E-state index in [9.17, 15) is 19.2 Å². The first-order chi connectivity index (χ1) is 14.1. The van der Waals surface area contributed by atoms with Crippen molar-refractivity contribution in [1.29, 1.82) is 0 Å². The number of aliphatic carboxylic acids is 1. The number of para-hydroxylation sites is 1. The average Bonchev–Trinajstić information content (AvgIpc) is 3.07. The van der Waals surface area contributed by atoms with Crippen molar-refractivity contribution in [3.05, 3.63) is 36.0 Å². The second-order valence-electron chi connectivity index (χ2n) is 7.47. The predicted molar refractivity (Wildman–Crippen MR) is 110 cm³/mol. The Morgan fingerprint density at radius 3 is 2.37 bits per heavy atom. The Kier molecular flexibility index (Phi) is 7.54. The summed E-state index contributed by atoms with van der Waals surface area (Å²) in [4.78, 5) is 50.5. The van der Waals surface area contributed by atoms with Crippen molar-refractivity contribution in [1.82, 2.24) is 15.6 Å². The molecule has 0 radical (unpaired) electrons. The second-order valence-corrected chi connectivity index (χ2v) is 7.47. The van der Waals surface area contributed by atoms with Crippen LogP contribution in [0.2, 0.25) is 0 Å². The molecule has 3 amide bonds. The topological polar surface area (TPSA) is 180 Å². The summed E-state index contributed by atoms with van der Waals surface area (Å²) < 4.78 is 0. The summed E-state index contributed by atoms with van der Waals surface area (Å²) in [5.41, 5.74) is 12.9. The first-order valence-corrected chi connectivity index (χ1v) is 9.52. The third kappa shape index (κ3) is 5.80. The van der Waals surface area contributed by atoms with E-state index < -0.39 is 48.2 Å². The number of benzene rings is 1. The molecule has 0 fully saturated rings. The summed E-state index contributed by atoms with van der Waals surface area (Å²) in [6, 6.07) is 4.18. The molecule has 162 valence electrons. The highest BCUT2D eigenvalue weighted by Crippen LogP contribution is 2.18. The molecule has 0 spiro atoms. The van der Waals surface area contributed by atoms with E-state index in [-0.39, 0.29) is 12.3 Å². The smallest absolute Gasteiger partial charge is 0.326 e. The Bertz CT molecular complexity index is 939. The van der Waals surface area contributed by atoms with E-state index in [0.717, 1.165) is 16.5 Å². The zero-order chi connectivity index (χ0) is 22.4. The van der Waals surface area contributed by atoms with Crippen LogP contribution in [0, 0.1) is 5.92 Å². The molecular formula is C20H27N5O5. The number of carbonyl (C=O) groups excluding carboxylic acids is 3. The molecule has 0 saturated carbocycles. The van der Waals surface area contributed by atoms with Gasteiger partial charge in [0.1, 0.15) is 12.1 Å². The monoisotopic (exact) mass is 417 g/mol. The van der Waals surface area contributed by atoms with Gasteiger partial charge in [0.15, 0.2) is 0 Å². The minimum atomic E-state index is -1.48. The lowest BCUT2D eigenvalue weighted by atomic mass is 10.0. The van der Waals surface area contributed by atoms with Gasteiger partial charge >= 0.3 is 5.97 Å². The minimum Gasteiger partial charge on any atom is -0.480 e. The van der Waals surface area contributed by atoms with Gasteiger partial charge in [0.05, 0.1) is 12.5 Å². The van der Waals surface area contributed by atoms with Crippen molar-refractivity contribution in [3.8, 4) is 0 Å². The molecule has 1 heterocycles. The highest BCUT2D eigenvalue weighted by Gasteiger charge is 2.30. The molecule has 10 heteroatoms. The Hall–Kier alpha value is -3.40. The molecule has 0 bridgehead atoms. The first-order valence-electron chi connectivity index (χ1n) is 9.52. The van der Waals surface area contributed by atoms with E-state index in [4.69, 9.17) is 16.6 Å². The minimum absolute atomic E-state index is 0.252. The Morgan fingerprint density at radius 2 is 1.77 bits per heavy atom. The molecule has 8 N–H and O–H groups in total. The van der Waals surface area contributed by atoms with Crippen molar-refractivity contribution >= 4 is 34.6 Å². The maximum Gasteiger partial charge on any atom is 0.326 e. The average molecular weight is 417 g/mol. The number of aromatic amines is 1.